The van der Waals surface area contributed by atoms with E-state index in [4.69, 9.17) is 18.6 Å². The van der Waals surface area contributed by atoms with Gasteiger partial charge in [-0.2, -0.15) is 0 Å². The molecule has 5 aliphatic rings. The van der Waals surface area contributed by atoms with Crippen LogP contribution in [0.4, 0.5) is 0 Å². The second kappa shape index (κ2) is 9.78. The Balaban J connectivity index is 1.20. The first-order valence-electron chi connectivity index (χ1n) is 14.7. The van der Waals surface area contributed by atoms with Gasteiger partial charge in [0.15, 0.2) is 6.29 Å². The minimum absolute atomic E-state index is 0.00253. The fraction of sp³-hybridized carbons (Fsp3) is 0.774. The summed E-state index contributed by atoms with van der Waals surface area (Å²) in [5.41, 5.74) is 1.07. The predicted molar refractivity (Wildman–Crippen MR) is 143 cm³/mol. The molecule has 8 nitrogen and oxygen atoms in total. The van der Waals surface area contributed by atoms with Crippen LogP contribution in [0.15, 0.2) is 39.3 Å². The fourth-order valence-corrected chi connectivity index (χ4v) is 9.49. The molecule has 1 aromatic heterocycles. The van der Waals surface area contributed by atoms with Gasteiger partial charge in [-0.15, -0.1) is 0 Å². The van der Waals surface area contributed by atoms with E-state index < -0.39 is 36.3 Å². The number of methoxy groups -OCH3 is 1. The van der Waals surface area contributed by atoms with Crippen LogP contribution in [0.1, 0.15) is 83.6 Å². The second-order valence-electron chi connectivity index (χ2n) is 13.3. The maximum atomic E-state index is 12.4. The van der Waals surface area contributed by atoms with Gasteiger partial charge in [0.05, 0.1) is 24.1 Å². The number of aliphatic hydroxyl groups is 3. The van der Waals surface area contributed by atoms with Crippen molar-refractivity contribution in [3.8, 4) is 0 Å². The fourth-order valence-electron chi connectivity index (χ4n) is 9.49. The maximum Gasteiger partial charge on any atom is 0.335 e. The molecule has 8 heteroatoms. The van der Waals surface area contributed by atoms with Crippen molar-refractivity contribution in [2.24, 2.45) is 22.7 Å². The molecular formula is C31H44O8. The summed E-state index contributed by atoms with van der Waals surface area (Å²) in [6.45, 7) is 6.45. The van der Waals surface area contributed by atoms with Gasteiger partial charge in [0.2, 0.25) is 0 Å². The van der Waals surface area contributed by atoms with Crippen molar-refractivity contribution in [3.05, 3.63) is 46.0 Å². The van der Waals surface area contributed by atoms with Gasteiger partial charge in [-0.25, -0.2) is 4.79 Å². The first kappa shape index (κ1) is 27.6. The van der Waals surface area contributed by atoms with E-state index in [9.17, 15) is 20.1 Å². The average molecular weight is 545 g/mol. The molecule has 4 aliphatic carbocycles. The maximum absolute atomic E-state index is 12.4. The Bertz CT molecular complexity index is 1140. The number of ether oxygens (including phenoxy) is 3. The van der Waals surface area contributed by atoms with Crippen molar-refractivity contribution in [2.75, 3.05) is 7.11 Å². The van der Waals surface area contributed by atoms with Gasteiger partial charge >= 0.3 is 5.63 Å². The second-order valence-corrected chi connectivity index (χ2v) is 13.3. The lowest BCUT2D eigenvalue weighted by Gasteiger charge is -2.62. The third-order valence-corrected chi connectivity index (χ3v) is 11.7. The molecule has 216 valence electrons. The number of aliphatic hydroxyl groups excluding tert-OH is 2. The third-order valence-electron chi connectivity index (χ3n) is 11.7. The summed E-state index contributed by atoms with van der Waals surface area (Å²) in [6.07, 6.45) is 6.78. The van der Waals surface area contributed by atoms with Crippen LogP contribution in [-0.2, 0) is 14.2 Å². The van der Waals surface area contributed by atoms with Crippen LogP contribution in [0.3, 0.4) is 0 Å². The highest BCUT2D eigenvalue weighted by Gasteiger charge is 2.66. The molecule has 1 aromatic rings. The Labute approximate surface area is 230 Å². The van der Waals surface area contributed by atoms with Crippen molar-refractivity contribution in [1.29, 1.82) is 0 Å². The minimum Gasteiger partial charge on any atom is -0.431 e. The van der Waals surface area contributed by atoms with E-state index in [0.29, 0.717) is 5.92 Å². The monoisotopic (exact) mass is 544 g/mol. The van der Waals surface area contributed by atoms with E-state index in [2.05, 4.69) is 19.9 Å². The summed E-state index contributed by atoms with van der Waals surface area (Å²) < 4.78 is 22.7. The highest BCUT2D eigenvalue weighted by Crippen LogP contribution is 2.70. The van der Waals surface area contributed by atoms with Gasteiger partial charge < -0.3 is 33.9 Å². The molecule has 3 N–H and O–H groups in total. The summed E-state index contributed by atoms with van der Waals surface area (Å²) >= 11 is 0. The van der Waals surface area contributed by atoms with E-state index in [0.717, 1.165) is 56.9 Å². The molecule has 1 aliphatic heterocycles. The van der Waals surface area contributed by atoms with Crippen molar-refractivity contribution < 1.29 is 33.9 Å². The summed E-state index contributed by atoms with van der Waals surface area (Å²) in [5.74, 6) is 0.797. The Morgan fingerprint density at radius 2 is 1.79 bits per heavy atom. The highest BCUT2D eigenvalue weighted by molar-refractivity contribution is 5.31. The molecule has 0 amide bonds. The van der Waals surface area contributed by atoms with Crippen LogP contribution in [0.5, 0.6) is 0 Å². The van der Waals surface area contributed by atoms with Gasteiger partial charge in [0.1, 0.15) is 18.3 Å². The van der Waals surface area contributed by atoms with Gasteiger partial charge in [-0.1, -0.05) is 25.5 Å². The SMILES string of the molecule is CO[C@@H]1[C@@H](O)[C@@H](O)[C@H](O[C@@H]2C=C3CCC4C(CC[C@]5(C)[C@@H](c6ccc(=O)oc6)CC[C@]45O)[C@@]3(C)CC2)O[C@H]1C. The molecule has 0 aromatic carbocycles. The van der Waals surface area contributed by atoms with E-state index in [1.807, 2.05) is 13.0 Å². The van der Waals surface area contributed by atoms with E-state index in [-0.39, 0.29) is 34.4 Å². The smallest absolute Gasteiger partial charge is 0.335 e. The average Bonchev–Trinajstić information content (AvgIpc) is 3.19. The minimum atomic E-state index is -1.17. The first-order chi connectivity index (χ1) is 18.5. The molecule has 2 heterocycles. The zero-order chi connectivity index (χ0) is 27.7. The Morgan fingerprint density at radius 3 is 2.51 bits per heavy atom. The predicted octanol–water partition coefficient (Wildman–Crippen LogP) is 3.67. The van der Waals surface area contributed by atoms with Crippen LogP contribution in [0, 0.1) is 22.7 Å². The van der Waals surface area contributed by atoms with Crippen LogP contribution in [-0.4, -0.2) is 64.8 Å². The van der Waals surface area contributed by atoms with Crippen LogP contribution < -0.4 is 5.63 Å². The van der Waals surface area contributed by atoms with E-state index >= 15 is 0 Å². The Morgan fingerprint density at radius 1 is 1.00 bits per heavy atom. The number of allylic oxidation sites excluding steroid dienone is 1. The van der Waals surface area contributed by atoms with Crippen molar-refractivity contribution in [2.45, 2.75) is 120 Å². The number of rotatable bonds is 4. The van der Waals surface area contributed by atoms with Crippen molar-refractivity contribution in [3.63, 3.8) is 0 Å². The Hall–Kier alpha value is -1.55. The molecule has 0 spiro atoms. The van der Waals surface area contributed by atoms with Gasteiger partial charge in [0, 0.05) is 18.6 Å². The van der Waals surface area contributed by atoms with Crippen LogP contribution in [0.25, 0.3) is 0 Å². The Kier molecular flexibility index (Phi) is 6.92. The zero-order valence-corrected chi connectivity index (χ0v) is 23.5. The molecule has 39 heavy (non-hydrogen) atoms. The van der Waals surface area contributed by atoms with Gasteiger partial charge in [-0.05, 0) is 93.1 Å². The first-order valence-corrected chi connectivity index (χ1v) is 14.7. The summed E-state index contributed by atoms with van der Waals surface area (Å²) in [6, 6.07) is 3.38. The number of hydrogen-bond acceptors (Lipinski definition) is 8. The lowest BCUT2D eigenvalue weighted by atomic mass is 9.45. The standard InChI is InChI=1S/C31H44O8/c1-17-27(36-4)25(33)26(34)28(38-17)39-20-9-12-29(2)19(15-20)6-7-23-22(29)10-13-30(3)21(11-14-31(23,30)35)18-5-8-24(32)37-16-18/h5,8,15-17,20-23,25-28,33-35H,6-7,9-14H2,1-4H3/t17-,20-,21+,22?,23?,25-,26+,27-,28-,29-,30+,31-/m0/s1. The molecule has 6 rings (SSSR count). The van der Waals surface area contributed by atoms with Crippen LogP contribution in [0.2, 0.25) is 0 Å². The highest BCUT2D eigenvalue weighted by atomic mass is 16.7. The largest absolute Gasteiger partial charge is 0.431 e. The molecule has 12 atom stereocenters. The molecule has 4 fully saturated rings. The third kappa shape index (κ3) is 4.12. The van der Waals surface area contributed by atoms with Crippen LogP contribution >= 0.6 is 0 Å². The number of fused-ring (bicyclic) bond motifs is 5. The summed E-state index contributed by atoms with van der Waals surface area (Å²) in [7, 11) is 1.50. The normalized spacial score (nSPS) is 49.5. The molecule has 0 radical (unpaired) electrons. The van der Waals surface area contributed by atoms with Gasteiger partial charge in [0.25, 0.3) is 0 Å². The summed E-state index contributed by atoms with van der Waals surface area (Å²) in [4.78, 5) is 11.6. The molecular weight excluding hydrogens is 500 g/mol. The summed E-state index contributed by atoms with van der Waals surface area (Å²) in [5, 5.41) is 33.6. The van der Waals surface area contributed by atoms with Gasteiger partial charge in [-0.3, -0.25) is 0 Å². The quantitative estimate of drug-likeness (QED) is 0.492. The molecule has 0 bridgehead atoms. The van der Waals surface area contributed by atoms with E-state index in [1.165, 1.54) is 18.7 Å². The molecule has 2 unspecified atom stereocenters. The van der Waals surface area contributed by atoms with E-state index in [1.54, 1.807) is 6.26 Å². The van der Waals surface area contributed by atoms with Crippen molar-refractivity contribution in [1.82, 2.24) is 0 Å². The lowest BCUT2D eigenvalue weighted by molar-refractivity contribution is -0.304. The molecule has 1 saturated heterocycles. The topological polar surface area (TPSA) is 119 Å². The number of hydrogen-bond donors (Lipinski definition) is 3. The van der Waals surface area contributed by atoms with Crippen molar-refractivity contribution >= 4 is 0 Å². The lowest BCUT2D eigenvalue weighted by Crippen LogP contribution is -2.60. The molecule has 3 saturated carbocycles. The zero-order valence-electron chi connectivity index (χ0n) is 23.5.